The van der Waals surface area contributed by atoms with Crippen LogP contribution in [-0.4, -0.2) is 16.3 Å². The van der Waals surface area contributed by atoms with Crippen molar-refractivity contribution in [2.24, 2.45) is 0 Å². The van der Waals surface area contributed by atoms with Gasteiger partial charge in [0.2, 0.25) is 0 Å². The van der Waals surface area contributed by atoms with Gasteiger partial charge in [0.05, 0.1) is 11.4 Å². The average molecular weight is 267 g/mol. The van der Waals surface area contributed by atoms with Gasteiger partial charge in [0.25, 0.3) is 0 Å². The first-order valence-electron chi connectivity index (χ1n) is 7.67. The Kier molecular flexibility index (Phi) is 2.62. The third kappa shape index (κ3) is 1.69. The first-order chi connectivity index (χ1) is 9.74. The molecule has 20 heavy (non-hydrogen) atoms. The highest BCUT2D eigenvalue weighted by molar-refractivity contribution is 5.59. The summed E-state index contributed by atoms with van der Waals surface area (Å²) in [5.74, 6) is 1.94. The highest BCUT2D eigenvalue weighted by Gasteiger charge is 2.31. The van der Waals surface area contributed by atoms with Crippen LogP contribution in [0.3, 0.4) is 0 Å². The second-order valence-corrected chi connectivity index (χ2v) is 6.22. The fourth-order valence-electron chi connectivity index (χ4n) is 3.33. The molecule has 0 bridgehead atoms. The Hall–Kier alpha value is -1.77. The first kappa shape index (κ1) is 12.0. The third-order valence-corrected chi connectivity index (χ3v) is 4.77. The minimum absolute atomic E-state index is 0.704. The van der Waals surface area contributed by atoms with E-state index in [0.29, 0.717) is 5.92 Å². The van der Waals surface area contributed by atoms with Gasteiger partial charge >= 0.3 is 0 Å². The van der Waals surface area contributed by atoms with Crippen LogP contribution in [0.15, 0.2) is 18.2 Å². The number of benzene rings is 1. The predicted molar refractivity (Wildman–Crippen MR) is 81.8 cm³/mol. The van der Waals surface area contributed by atoms with Gasteiger partial charge in [-0.25, -0.2) is 4.68 Å². The molecule has 0 radical (unpaired) electrons. The summed E-state index contributed by atoms with van der Waals surface area (Å²) in [4.78, 5) is 0. The standard InChI is InChI=1S/C17H21N3/c1-11-6-7-12(2)15(10-11)20-17-14(8-9-18-17)16(19-20)13-4-3-5-13/h6-7,10,13,18H,3-5,8-9H2,1-2H3. The van der Waals surface area contributed by atoms with E-state index in [0.717, 1.165) is 13.0 Å². The van der Waals surface area contributed by atoms with Gasteiger partial charge < -0.3 is 5.32 Å². The zero-order valence-electron chi connectivity index (χ0n) is 12.2. The Morgan fingerprint density at radius 3 is 2.85 bits per heavy atom. The fraction of sp³-hybridized carbons (Fsp3) is 0.471. The molecule has 3 nitrogen and oxygen atoms in total. The van der Waals surface area contributed by atoms with Crippen molar-refractivity contribution in [1.82, 2.24) is 9.78 Å². The molecule has 0 saturated heterocycles. The maximum atomic E-state index is 4.98. The molecule has 0 spiro atoms. The van der Waals surface area contributed by atoms with Crippen LogP contribution in [0.2, 0.25) is 0 Å². The molecule has 0 atom stereocenters. The second kappa shape index (κ2) is 4.37. The smallest absolute Gasteiger partial charge is 0.133 e. The normalized spacial score (nSPS) is 17.7. The largest absolute Gasteiger partial charge is 0.369 e. The van der Waals surface area contributed by atoms with E-state index >= 15 is 0 Å². The summed E-state index contributed by atoms with van der Waals surface area (Å²) in [7, 11) is 0. The second-order valence-electron chi connectivity index (χ2n) is 6.22. The van der Waals surface area contributed by atoms with Gasteiger partial charge in [0.1, 0.15) is 5.82 Å². The Morgan fingerprint density at radius 2 is 2.10 bits per heavy atom. The molecule has 1 saturated carbocycles. The third-order valence-electron chi connectivity index (χ3n) is 4.77. The minimum atomic E-state index is 0.704. The average Bonchev–Trinajstić information content (AvgIpc) is 2.94. The van der Waals surface area contributed by atoms with Crippen molar-refractivity contribution in [3.8, 4) is 5.69 Å². The molecule has 2 heterocycles. The highest BCUT2D eigenvalue weighted by atomic mass is 15.3. The number of hydrogen-bond donors (Lipinski definition) is 1. The summed E-state index contributed by atoms with van der Waals surface area (Å²) in [6.45, 7) is 5.37. The van der Waals surface area contributed by atoms with Crippen LogP contribution < -0.4 is 5.32 Å². The van der Waals surface area contributed by atoms with Crippen molar-refractivity contribution in [3.63, 3.8) is 0 Å². The first-order valence-corrected chi connectivity index (χ1v) is 7.67. The van der Waals surface area contributed by atoms with Crippen molar-refractivity contribution in [2.75, 3.05) is 11.9 Å². The number of nitrogens with one attached hydrogen (secondary N) is 1. The summed E-state index contributed by atoms with van der Waals surface area (Å²) in [5.41, 5.74) is 6.63. The molecule has 104 valence electrons. The molecule has 4 rings (SSSR count). The van der Waals surface area contributed by atoms with Crippen molar-refractivity contribution in [2.45, 2.75) is 45.4 Å². The van der Waals surface area contributed by atoms with Crippen LogP contribution in [0.4, 0.5) is 5.82 Å². The molecule has 1 aromatic carbocycles. The Morgan fingerprint density at radius 1 is 1.25 bits per heavy atom. The summed E-state index contributed by atoms with van der Waals surface area (Å²) >= 11 is 0. The van der Waals surface area contributed by atoms with E-state index < -0.39 is 0 Å². The maximum absolute atomic E-state index is 4.98. The molecule has 2 aromatic rings. The Bertz CT molecular complexity index is 665. The molecular weight excluding hydrogens is 246 g/mol. The van der Waals surface area contributed by atoms with Gasteiger partial charge in [-0.2, -0.15) is 5.10 Å². The number of nitrogens with zero attached hydrogens (tertiary/aromatic N) is 2. The monoisotopic (exact) mass is 267 g/mol. The molecule has 0 amide bonds. The lowest BCUT2D eigenvalue weighted by atomic mass is 9.81. The number of rotatable bonds is 2. The van der Waals surface area contributed by atoms with E-state index in [2.05, 4.69) is 42.0 Å². The molecule has 1 aliphatic carbocycles. The maximum Gasteiger partial charge on any atom is 0.133 e. The van der Waals surface area contributed by atoms with Crippen LogP contribution in [0.5, 0.6) is 0 Å². The SMILES string of the molecule is Cc1ccc(C)c(-n2nc(C3CCC3)c3c2NCC3)c1. The van der Waals surface area contributed by atoms with Gasteiger partial charge in [0, 0.05) is 18.0 Å². The van der Waals surface area contributed by atoms with E-state index in [9.17, 15) is 0 Å². The Labute approximate surface area is 120 Å². The lowest BCUT2D eigenvalue weighted by Crippen LogP contribution is -2.13. The lowest BCUT2D eigenvalue weighted by Gasteiger charge is -2.24. The minimum Gasteiger partial charge on any atom is -0.369 e. The Balaban J connectivity index is 1.87. The number of aromatic nitrogens is 2. The summed E-state index contributed by atoms with van der Waals surface area (Å²) in [6, 6.07) is 6.60. The summed E-state index contributed by atoms with van der Waals surface area (Å²) < 4.78 is 2.15. The van der Waals surface area contributed by atoms with E-state index in [4.69, 9.17) is 5.10 Å². The van der Waals surface area contributed by atoms with Gasteiger partial charge in [-0.05, 0) is 50.3 Å². The molecule has 2 aliphatic rings. The van der Waals surface area contributed by atoms with Crippen molar-refractivity contribution in [3.05, 3.63) is 40.6 Å². The van der Waals surface area contributed by atoms with E-state index in [-0.39, 0.29) is 0 Å². The van der Waals surface area contributed by atoms with E-state index in [1.54, 1.807) is 0 Å². The van der Waals surface area contributed by atoms with E-state index in [1.165, 1.54) is 53.2 Å². The van der Waals surface area contributed by atoms with Gasteiger partial charge in [-0.3, -0.25) is 0 Å². The predicted octanol–water partition coefficient (Wildman–Crippen LogP) is 3.72. The zero-order valence-corrected chi connectivity index (χ0v) is 12.2. The van der Waals surface area contributed by atoms with Crippen LogP contribution in [-0.2, 0) is 6.42 Å². The number of fused-ring (bicyclic) bond motifs is 1. The zero-order chi connectivity index (χ0) is 13.7. The molecule has 1 fully saturated rings. The fourth-order valence-corrected chi connectivity index (χ4v) is 3.33. The van der Waals surface area contributed by atoms with Crippen LogP contribution in [0, 0.1) is 13.8 Å². The van der Waals surface area contributed by atoms with Gasteiger partial charge in [-0.15, -0.1) is 0 Å². The van der Waals surface area contributed by atoms with Crippen molar-refractivity contribution < 1.29 is 0 Å². The van der Waals surface area contributed by atoms with Crippen molar-refractivity contribution >= 4 is 5.82 Å². The molecule has 3 heteroatoms. The topological polar surface area (TPSA) is 29.9 Å². The molecule has 0 unspecified atom stereocenters. The van der Waals surface area contributed by atoms with Crippen LogP contribution in [0.1, 0.15) is 47.6 Å². The summed E-state index contributed by atoms with van der Waals surface area (Å²) in [5, 5.41) is 8.52. The lowest BCUT2D eigenvalue weighted by molar-refractivity contribution is 0.407. The van der Waals surface area contributed by atoms with Gasteiger partial charge in [0.15, 0.2) is 0 Å². The highest BCUT2D eigenvalue weighted by Crippen LogP contribution is 2.41. The van der Waals surface area contributed by atoms with Crippen LogP contribution in [0.25, 0.3) is 5.69 Å². The van der Waals surface area contributed by atoms with Gasteiger partial charge in [-0.1, -0.05) is 18.6 Å². The quantitative estimate of drug-likeness (QED) is 0.898. The number of hydrogen-bond acceptors (Lipinski definition) is 2. The molecule has 1 aliphatic heterocycles. The summed E-state index contributed by atoms with van der Waals surface area (Å²) in [6.07, 6.45) is 5.13. The molecule has 1 aromatic heterocycles. The number of aryl methyl sites for hydroxylation is 2. The molecule has 1 N–H and O–H groups in total. The van der Waals surface area contributed by atoms with Crippen molar-refractivity contribution in [1.29, 1.82) is 0 Å². The number of anilines is 1. The van der Waals surface area contributed by atoms with Crippen LogP contribution >= 0.6 is 0 Å². The van der Waals surface area contributed by atoms with E-state index in [1.807, 2.05) is 0 Å². The molecular formula is C17H21N3.